The molecule has 4 N–H and O–H groups in total. The number of amides is 1. The van der Waals surface area contributed by atoms with Crippen LogP contribution in [0.3, 0.4) is 0 Å². The van der Waals surface area contributed by atoms with E-state index in [4.69, 9.17) is 5.73 Å². The van der Waals surface area contributed by atoms with Gasteiger partial charge in [0.1, 0.15) is 0 Å². The van der Waals surface area contributed by atoms with Gasteiger partial charge in [-0.2, -0.15) is 0 Å². The molecule has 6 nitrogen and oxygen atoms in total. The van der Waals surface area contributed by atoms with E-state index < -0.39 is 10.0 Å². The molecule has 1 atom stereocenters. The van der Waals surface area contributed by atoms with Gasteiger partial charge in [-0.25, -0.2) is 8.42 Å². The molecule has 0 bridgehead atoms. The number of carbonyl (C=O) groups excluding carboxylic acids is 1. The first kappa shape index (κ1) is 23.9. The minimum absolute atomic E-state index is 0. The molecular weight excluding hydrogens is 398 g/mol. The van der Waals surface area contributed by atoms with Crippen LogP contribution in [0.1, 0.15) is 54.2 Å². The maximum absolute atomic E-state index is 12.5. The molecule has 2 aromatic carbocycles. The molecule has 0 heterocycles. The number of rotatable bonds is 8. The Labute approximate surface area is 173 Å². The molecule has 0 fully saturated rings. The smallest absolute Gasteiger partial charge is 0.253 e. The number of nitrogens with two attached hydrogens (primary N) is 1. The Kier molecular flexibility index (Phi) is 8.94. The van der Waals surface area contributed by atoms with Gasteiger partial charge in [0.25, 0.3) is 5.91 Å². The monoisotopic (exact) mass is 425 g/mol. The van der Waals surface area contributed by atoms with Gasteiger partial charge in [0, 0.05) is 12.6 Å². The molecular formula is C20H28ClN3O3S. The summed E-state index contributed by atoms with van der Waals surface area (Å²) in [5.74, 6) is -0.00255. The Balaban J connectivity index is 0.00000392. The summed E-state index contributed by atoms with van der Waals surface area (Å²) in [6.45, 7) is 6.03. The van der Waals surface area contributed by atoms with Crippen molar-refractivity contribution in [2.45, 2.75) is 32.7 Å². The van der Waals surface area contributed by atoms with E-state index in [1.54, 1.807) is 24.3 Å². The lowest BCUT2D eigenvalue weighted by Crippen LogP contribution is -2.32. The second-order valence-electron chi connectivity index (χ2n) is 6.69. The number of anilines is 1. The SMILES string of the molecule is CCS(=O)(=O)Nc1ccccc1C(=O)NCC(N)c1ccc(C(C)C)cc1.Cl. The average molecular weight is 426 g/mol. The molecule has 0 aliphatic rings. The number of hydrogen-bond acceptors (Lipinski definition) is 4. The molecule has 0 aromatic heterocycles. The van der Waals surface area contributed by atoms with Crippen LogP contribution in [-0.2, 0) is 10.0 Å². The topological polar surface area (TPSA) is 101 Å². The highest BCUT2D eigenvalue weighted by molar-refractivity contribution is 7.92. The average Bonchev–Trinajstić information content (AvgIpc) is 2.66. The van der Waals surface area contributed by atoms with Crippen molar-refractivity contribution >= 4 is 34.0 Å². The van der Waals surface area contributed by atoms with E-state index in [1.165, 1.54) is 12.5 Å². The highest BCUT2D eigenvalue weighted by Gasteiger charge is 2.16. The molecule has 0 spiro atoms. The summed E-state index contributed by atoms with van der Waals surface area (Å²) in [6.07, 6.45) is 0. The van der Waals surface area contributed by atoms with Crippen molar-refractivity contribution in [1.29, 1.82) is 0 Å². The molecule has 1 amide bonds. The molecule has 0 aliphatic carbocycles. The summed E-state index contributed by atoms with van der Waals surface area (Å²) >= 11 is 0. The van der Waals surface area contributed by atoms with E-state index in [9.17, 15) is 13.2 Å². The molecule has 8 heteroatoms. The van der Waals surface area contributed by atoms with Gasteiger partial charge in [-0.1, -0.05) is 50.2 Å². The third-order valence-corrected chi connectivity index (χ3v) is 5.62. The van der Waals surface area contributed by atoms with Gasteiger partial charge in [0.15, 0.2) is 0 Å². The molecule has 2 rings (SSSR count). The van der Waals surface area contributed by atoms with Crippen LogP contribution in [-0.4, -0.2) is 26.6 Å². The lowest BCUT2D eigenvalue weighted by molar-refractivity contribution is 0.0952. The molecule has 0 aliphatic heterocycles. The van der Waals surface area contributed by atoms with E-state index in [2.05, 4.69) is 23.9 Å². The molecule has 0 radical (unpaired) electrons. The van der Waals surface area contributed by atoms with E-state index in [1.807, 2.05) is 24.3 Å². The Hall–Kier alpha value is -2.09. The first-order valence-corrected chi connectivity index (χ1v) is 10.6. The zero-order valence-corrected chi connectivity index (χ0v) is 17.9. The van der Waals surface area contributed by atoms with Gasteiger partial charge in [0.2, 0.25) is 10.0 Å². The van der Waals surface area contributed by atoms with Crippen LogP contribution >= 0.6 is 12.4 Å². The van der Waals surface area contributed by atoms with Crippen molar-refractivity contribution in [2.24, 2.45) is 5.73 Å². The number of carbonyl (C=O) groups is 1. The highest BCUT2D eigenvalue weighted by Crippen LogP contribution is 2.19. The quantitative estimate of drug-likeness (QED) is 0.603. The van der Waals surface area contributed by atoms with Crippen LogP contribution in [0.4, 0.5) is 5.69 Å². The zero-order chi connectivity index (χ0) is 20.0. The Bertz CT molecular complexity index is 884. The van der Waals surface area contributed by atoms with Crippen LogP contribution in [0.25, 0.3) is 0 Å². The predicted molar refractivity (Wildman–Crippen MR) is 117 cm³/mol. The van der Waals surface area contributed by atoms with Gasteiger partial charge in [-0.15, -0.1) is 12.4 Å². The number of benzene rings is 2. The van der Waals surface area contributed by atoms with Crippen molar-refractivity contribution in [3.05, 3.63) is 65.2 Å². The van der Waals surface area contributed by atoms with Gasteiger partial charge >= 0.3 is 0 Å². The van der Waals surface area contributed by atoms with E-state index in [0.29, 0.717) is 5.92 Å². The number of nitrogens with one attached hydrogen (secondary N) is 2. The predicted octanol–water partition coefficient (Wildman–Crippen LogP) is 3.42. The fraction of sp³-hybridized carbons (Fsp3) is 0.350. The largest absolute Gasteiger partial charge is 0.350 e. The van der Waals surface area contributed by atoms with Gasteiger partial charge in [0.05, 0.1) is 17.0 Å². The highest BCUT2D eigenvalue weighted by atomic mass is 35.5. The van der Waals surface area contributed by atoms with Crippen molar-refractivity contribution < 1.29 is 13.2 Å². The molecule has 0 saturated carbocycles. The molecule has 1 unspecified atom stereocenters. The number of para-hydroxylation sites is 1. The van der Waals surface area contributed by atoms with Crippen LogP contribution in [0.15, 0.2) is 48.5 Å². The Morgan fingerprint density at radius 1 is 1.04 bits per heavy atom. The van der Waals surface area contributed by atoms with Crippen molar-refractivity contribution in [3.63, 3.8) is 0 Å². The van der Waals surface area contributed by atoms with Crippen molar-refractivity contribution in [3.8, 4) is 0 Å². The third-order valence-electron chi connectivity index (χ3n) is 4.33. The second kappa shape index (κ2) is 10.5. The first-order valence-electron chi connectivity index (χ1n) is 8.96. The fourth-order valence-electron chi connectivity index (χ4n) is 2.55. The van der Waals surface area contributed by atoms with Crippen LogP contribution in [0.5, 0.6) is 0 Å². The van der Waals surface area contributed by atoms with E-state index in [0.717, 1.165) is 5.56 Å². The van der Waals surface area contributed by atoms with Crippen molar-refractivity contribution in [1.82, 2.24) is 5.32 Å². The van der Waals surface area contributed by atoms with Gasteiger partial charge in [-0.3, -0.25) is 9.52 Å². The zero-order valence-electron chi connectivity index (χ0n) is 16.3. The van der Waals surface area contributed by atoms with Crippen LogP contribution < -0.4 is 15.8 Å². The first-order chi connectivity index (χ1) is 12.7. The Morgan fingerprint density at radius 3 is 2.18 bits per heavy atom. The number of sulfonamides is 1. The maximum atomic E-state index is 12.5. The normalized spacial score (nSPS) is 12.2. The van der Waals surface area contributed by atoms with Gasteiger partial charge in [-0.05, 0) is 36.1 Å². The summed E-state index contributed by atoms with van der Waals surface area (Å²) in [5.41, 5.74) is 8.86. The third kappa shape index (κ3) is 6.51. The van der Waals surface area contributed by atoms with E-state index in [-0.39, 0.29) is 47.9 Å². The number of hydrogen-bond donors (Lipinski definition) is 3. The summed E-state index contributed by atoms with van der Waals surface area (Å²) in [6, 6.07) is 14.2. The maximum Gasteiger partial charge on any atom is 0.253 e. The van der Waals surface area contributed by atoms with E-state index >= 15 is 0 Å². The summed E-state index contributed by atoms with van der Waals surface area (Å²) in [5, 5.41) is 2.78. The molecule has 0 saturated heterocycles. The lowest BCUT2D eigenvalue weighted by Gasteiger charge is -2.16. The minimum Gasteiger partial charge on any atom is -0.350 e. The fourth-order valence-corrected chi connectivity index (χ4v) is 3.21. The van der Waals surface area contributed by atoms with Crippen molar-refractivity contribution in [2.75, 3.05) is 17.0 Å². The number of halogens is 1. The van der Waals surface area contributed by atoms with Crippen LogP contribution in [0.2, 0.25) is 0 Å². The standard InChI is InChI=1S/C20H27N3O3S.ClH/c1-4-27(25,26)23-19-8-6-5-7-17(19)20(24)22-13-18(21)16-11-9-15(10-12-16)14(2)3;/h5-12,14,18,23H,4,13,21H2,1-3H3,(H,22,24);1H. The summed E-state index contributed by atoms with van der Waals surface area (Å²) < 4.78 is 26.0. The lowest BCUT2D eigenvalue weighted by atomic mass is 9.99. The van der Waals surface area contributed by atoms with Gasteiger partial charge < -0.3 is 11.1 Å². The summed E-state index contributed by atoms with van der Waals surface area (Å²) in [4.78, 5) is 12.5. The van der Waals surface area contributed by atoms with Crippen LogP contribution in [0, 0.1) is 0 Å². The summed E-state index contributed by atoms with van der Waals surface area (Å²) in [7, 11) is -3.47. The molecule has 2 aromatic rings. The molecule has 154 valence electrons. The Morgan fingerprint density at radius 2 is 1.61 bits per heavy atom. The minimum atomic E-state index is -3.47. The second-order valence-corrected chi connectivity index (χ2v) is 8.70. The molecule has 28 heavy (non-hydrogen) atoms.